The van der Waals surface area contributed by atoms with E-state index in [2.05, 4.69) is 471 Å². The van der Waals surface area contributed by atoms with E-state index in [0.29, 0.717) is 0 Å². The fourth-order valence-electron chi connectivity index (χ4n) is 17.5. The number of hydrogen-bond donors (Lipinski definition) is 0. The van der Waals surface area contributed by atoms with Crippen LogP contribution in [0.15, 0.2) is 461 Å². The number of thiophene rings is 2. The van der Waals surface area contributed by atoms with Gasteiger partial charge in [-0.05, 0) is 277 Å². The van der Waals surface area contributed by atoms with E-state index in [1.165, 1.54) is 173 Å². The number of nitrogens with zero attached hydrogens (tertiary/aromatic N) is 2. The third-order valence-electron chi connectivity index (χ3n) is 23.9. The maximum absolute atomic E-state index is 2.40. The van der Waals surface area contributed by atoms with Crippen LogP contribution in [-0.2, 0) is 0 Å². The molecule has 0 aliphatic heterocycles. The highest BCUT2D eigenvalue weighted by Crippen LogP contribution is 2.47. The maximum atomic E-state index is 2.40. The predicted octanol–water partition coefficient (Wildman–Crippen LogP) is 34.0. The zero-order chi connectivity index (χ0) is 79.4. The van der Waals surface area contributed by atoms with E-state index < -0.39 is 0 Å². The molecule has 4 heteroatoms. The van der Waals surface area contributed by atoms with Crippen molar-refractivity contribution in [2.75, 3.05) is 9.80 Å². The molecule has 0 bridgehead atoms. The van der Waals surface area contributed by atoms with Gasteiger partial charge in [0, 0.05) is 74.5 Å². The monoisotopic (exact) mass is 1560 g/mol. The van der Waals surface area contributed by atoms with Crippen LogP contribution in [0.5, 0.6) is 0 Å². The summed E-state index contributed by atoms with van der Waals surface area (Å²) in [5.74, 6) is 0. The first kappa shape index (κ1) is 71.5. The summed E-state index contributed by atoms with van der Waals surface area (Å²) in [4.78, 5) is 4.76. The molecule has 20 aromatic carbocycles. The van der Waals surface area contributed by atoms with Crippen LogP contribution in [0.25, 0.3) is 184 Å². The zero-order valence-electron chi connectivity index (χ0n) is 65.6. The molecule has 0 aliphatic carbocycles. The molecule has 0 N–H and O–H groups in total. The highest BCUT2D eigenvalue weighted by atomic mass is 32.1. The van der Waals surface area contributed by atoms with Crippen LogP contribution in [-0.4, -0.2) is 0 Å². The second-order valence-corrected chi connectivity index (χ2v) is 33.3. The number of fused-ring (bicyclic) bond motifs is 8. The Balaban J connectivity index is 0.526. The fourth-order valence-corrected chi connectivity index (χ4v) is 19.8. The third-order valence-corrected chi connectivity index (χ3v) is 26.3. The van der Waals surface area contributed by atoms with Gasteiger partial charge in [-0.15, -0.1) is 22.7 Å². The molecule has 0 atom stereocenters. The highest BCUT2D eigenvalue weighted by Gasteiger charge is 2.20. The average Bonchev–Trinajstić information content (AvgIpc) is 1.60. The van der Waals surface area contributed by atoms with Gasteiger partial charge in [0.25, 0.3) is 0 Å². The number of benzene rings is 20. The summed E-state index contributed by atoms with van der Waals surface area (Å²) in [5.41, 5.74) is 32.7. The van der Waals surface area contributed by atoms with Gasteiger partial charge >= 0.3 is 0 Å². The van der Waals surface area contributed by atoms with Gasteiger partial charge in [0.05, 0.1) is 0 Å². The van der Waals surface area contributed by atoms with Crippen molar-refractivity contribution in [2.45, 2.75) is 0 Å². The van der Waals surface area contributed by atoms with Gasteiger partial charge in [-0.2, -0.15) is 0 Å². The molecule has 2 nitrogen and oxygen atoms in total. The molecule has 0 saturated heterocycles. The van der Waals surface area contributed by atoms with E-state index in [1.54, 1.807) is 0 Å². The summed E-state index contributed by atoms with van der Waals surface area (Å²) in [6.45, 7) is 0. The first-order valence-electron chi connectivity index (χ1n) is 41.0. The normalized spacial score (nSPS) is 11.5. The smallest absolute Gasteiger partial charge is 0.0467 e. The Kier molecular flexibility index (Phi) is 18.4. The fraction of sp³-hybridized carbons (Fsp3) is 0. The number of anilines is 6. The van der Waals surface area contributed by atoms with Crippen molar-refractivity contribution in [3.63, 3.8) is 0 Å². The lowest BCUT2D eigenvalue weighted by molar-refractivity contribution is 1.28. The lowest BCUT2D eigenvalue weighted by atomic mass is 9.95. The Labute approximate surface area is 706 Å². The Morgan fingerprint density at radius 2 is 0.408 bits per heavy atom. The molecule has 2 heterocycles. The largest absolute Gasteiger partial charge is 0.311 e. The molecule has 0 spiro atoms. The van der Waals surface area contributed by atoms with Crippen molar-refractivity contribution in [1.82, 2.24) is 0 Å². The molecule has 0 saturated carbocycles. The molecule has 22 rings (SSSR count). The van der Waals surface area contributed by atoms with Gasteiger partial charge in [0.1, 0.15) is 0 Å². The molecule has 562 valence electrons. The van der Waals surface area contributed by atoms with Crippen LogP contribution in [0, 0.1) is 0 Å². The van der Waals surface area contributed by atoms with E-state index in [4.69, 9.17) is 0 Å². The second-order valence-electron chi connectivity index (χ2n) is 31.1. The maximum Gasteiger partial charge on any atom is 0.0467 e. The number of rotatable bonds is 17. The molecular formula is C116H76N2S2. The summed E-state index contributed by atoms with van der Waals surface area (Å²) in [7, 11) is 0. The van der Waals surface area contributed by atoms with Crippen molar-refractivity contribution < 1.29 is 0 Å². The Morgan fingerprint density at radius 1 is 0.133 bits per heavy atom. The van der Waals surface area contributed by atoms with Gasteiger partial charge in [-0.3, -0.25) is 0 Å². The molecule has 0 radical (unpaired) electrons. The second kappa shape index (κ2) is 30.9. The molecule has 0 amide bonds. The first-order chi connectivity index (χ1) is 59.4. The molecule has 0 fully saturated rings. The minimum atomic E-state index is 1.08. The Bertz CT molecular complexity index is 7580. The summed E-state index contributed by atoms with van der Waals surface area (Å²) >= 11 is 3.74. The first-order valence-corrected chi connectivity index (χ1v) is 42.7. The Hall–Kier alpha value is -15.0. The minimum Gasteiger partial charge on any atom is -0.311 e. The summed E-state index contributed by atoms with van der Waals surface area (Å²) in [5, 5.41) is 10.1. The van der Waals surface area contributed by atoms with E-state index in [0.717, 1.165) is 45.3 Å². The quantitative estimate of drug-likeness (QED) is 0.0896. The summed E-state index contributed by atoms with van der Waals surface area (Å²) < 4.78 is 5.20. The van der Waals surface area contributed by atoms with Crippen molar-refractivity contribution >= 4 is 119 Å². The van der Waals surface area contributed by atoms with Gasteiger partial charge in [0.15, 0.2) is 0 Å². The molecule has 2 aromatic heterocycles. The van der Waals surface area contributed by atoms with Crippen LogP contribution in [0.3, 0.4) is 0 Å². The number of hydrogen-bond acceptors (Lipinski definition) is 4. The van der Waals surface area contributed by atoms with Crippen LogP contribution < -0.4 is 9.80 Å². The van der Waals surface area contributed by atoms with Crippen molar-refractivity contribution in [3.05, 3.63) is 461 Å². The van der Waals surface area contributed by atoms with Crippen LogP contribution in [0.1, 0.15) is 0 Å². The molecular weight excluding hydrogens is 1490 g/mol. The van der Waals surface area contributed by atoms with Gasteiger partial charge in [-0.1, -0.05) is 328 Å². The highest BCUT2D eigenvalue weighted by molar-refractivity contribution is 7.26. The van der Waals surface area contributed by atoms with Gasteiger partial charge in [0.2, 0.25) is 0 Å². The van der Waals surface area contributed by atoms with Crippen LogP contribution >= 0.6 is 22.7 Å². The van der Waals surface area contributed by atoms with Crippen molar-refractivity contribution in [3.8, 4) is 122 Å². The topological polar surface area (TPSA) is 6.48 Å². The van der Waals surface area contributed by atoms with Crippen molar-refractivity contribution in [1.29, 1.82) is 0 Å². The van der Waals surface area contributed by atoms with E-state index in [9.17, 15) is 0 Å². The summed E-state index contributed by atoms with van der Waals surface area (Å²) in [6.07, 6.45) is 0. The van der Waals surface area contributed by atoms with Crippen LogP contribution in [0.2, 0.25) is 0 Å². The predicted molar refractivity (Wildman–Crippen MR) is 516 cm³/mol. The average molecular weight is 1560 g/mol. The third kappa shape index (κ3) is 13.9. The van der Waals surface area contributed by atoms with E-state index in [1.807, 2.05) is 22.7 Å². The van der Waals surface area contributed by atoms with E-state index >= 15 is 0 Å². The van der Waals surface area contributed by atoms with Gasteiger partial charge < -0.3 is 9.80 Å². The van der Waals surface area contributed by atoms with Crippen molar-refractivity contribution in [2.24, 2.45) is 0 Å². The summed E-state index contributed by atoms with van der Waals surface area (Å²) in [6, 6.07) is 170. The zero-order valence-corrected chi connectivity index (χ0v) is 67.2. The van der Waals surface area contributed by atoms with E-state index in [-0.39, 0.29) is 0 Å². The Morgan fingerprint density at radius 3 is 0.892 bits per heavy atom. The lowest BCUT2D eigenvalue weighted by Gasteiger charge is -2.26. The molecule has 0 unspecified atom stereocenters. The molecule has 120 heavy (non-hydrogen) atoms. The lowest BCUT2D eigenvalue weighted by Crippen LogP contribution is -2.10. The molecule has 22 aromatic rings. The van der Waals surface area contributed by atoms with Crippen LogP contribution in [0.4, 0.5) is 34.1 Å². The standard InChI is InChI=1S/C116H76N2S2/c1-3-15-77(16-4-1)80-31-33-82(34-32-80)83-45-57-102(58-46-83)117(104-61-51-87(52-62-104)99-55-67-114-111(75-99)109-27-9-10-30-113(109)119-114)103-59-47-85(48-60-103)91-22-12-24-93(70-91)96-41-42-98-73-101(44-43-97(98)72-96)108-28-14-29-110-112-76-100(56-68-115(112)120-116(108)110)88-53-65-106(66-54-88)118(107-26-13-25-94(74-107)84-37-35-81(36-38-84)78-17-5-2-6-18-78)105-63-49-86(50-64-105)90-21-11-23-92(69-90)95-40-39-79-19-7-8-20-89(79)71-95/h1-76H. The SMILES string of the molecule is c1ccc(-c2ccc(-c3ccc(N(c4ccc(-c5cccc(-c6ccc7cc(-c8cccc9c8sc8ccc(-c%10ccc(N(c%11ccc(-c%12cccc(-c%13ccc%14ccccc%14c%13)c%12)cc%11)c%11cccc(-c%12ccc(-c%13ccccc%13)cc%12)c%11)cc%10)cc89)ccc7c6)c5)cc4)c4ccc(-c5ccc6sc7ccccc7c6c5)cc4)cc3)cc2)cc1. The molecule has 0 aliphatic rings. The minimum absolute atomic E-state index is 1.08. The van der Waals surface area contributed by atoms with Gasteiger partial charge in [-0.25, -0.2) is 0 Å².